The summed E-state index contributed by atoms with van der Waals surface area (Å²) in [4.78, 5) is 0. The lowest BCUT2D eigenvalue weighted by Gasteiger charge is -2.23. The molecule has 0 bridgehead atoms. The number of benzene rings is 1. The smallest absolute Gasteiger partial charge is 0.104 e. The lowest BCUT2D eigenvalue weighted by molar-refractivity contribution is 0.409. The summed E-state index contributed by atoms with van der Waals surface area (Å²) in [5, 5.41) is 12.7. The van der Waals surface area contributed by atoms with E-state index in [9.17, 15) is 5.26 Å². The maximum Gasteiger partial charge on any atom is 0.104 e. The van der Waals surface area contributed by atoms with Crippen molar-refractivity contribution in [1.29, 1.82) is 5.26 Å². The lowest BCUT2D eigenvalue weighted by Crippen LogP contribution is -2.42. The fourth-order valence-corrected chi connectivity index (χ4v) is 1.91. The van der Waals surface area contributed by atoms with E-state index in [-0.39, 0.29) is 5.54 Å². The molecule has 0 amide bonds. The molecule has 1 aromatic carbocycles. The van der Waals surface area contributed by atoms with Gasteiger partial charge in [-0.15, -0.1) is 0 Å². The highest BCUT2D eigenvalue weighted by Gasteiger charge is 2.27. The van der Waals surface area contributed by atoms with Gasteiger partial charge < -0.3 is 0 Å². The molecule has 2 rings (SSSR count). The molecule has 1 N–H and O–H groups in total. The Hall–Kier alpha value is -1.33. The number of aryl methyl sites for hydroxylation is 1. The first-order chi connectivity index (χ1) is 8.22. The van der Waals surface area contributed by atoms with Crippen molar-refractivity contribution in [2.45, 2.75) is 38.1 Å². The van der Waals surface area contributed by atoms with Crippen LogP contribution in [0.2, 0.25) is 0 Å². The quantitative estimate of drug-likeness (QED) is 0.812. The summed E-state index contributed by atoms with van der Waals surface area (Å²) in [5.41, 5.74) is 0.931. The van der Waals surface area contributed by atoms with Crippen molar-refractivity contribution in [2.24, 2.45) is 5.92 Å². The molecule has 2 heteroatoms. The minimum Gasteiger partial charge on any atom is -0.299 e. The number of nitrogens with zero attached hydrogens (tertiary/aromatic N) is 1. The van der Waals surface area contributed by atoms with E-state index in [0.717, 1.165) is 25.3 Å². The Kier molecular flexibility index (Phi) is 3.81. The van der Waals surface area contributed by atoms with Gasteiger partial charge in [0, 0.05) is 0 Å². The number of nitrogens with one attached hydrogen (secondary N) is 1. The first kappa shape index (κ1) is 12.1. The summed E-state index contributed by atoms with van der Waals surface area (Å²) in [6, 6.07) is 12.8. The molecule has 0 radical (unpaired) electrons. The van der Waals surface area contributed by atoms with E-state index in [1.807, 2.05) is 13.0 Å². The average molecular weight is 228 g/mol. The highest BCUT2D eigenvalue weighted by Crippen LogP contribution is 2.28. The predicted octanol–water partition coefficient (Wildman–Crippen LogP) is 2.90. The topological polar surface area (TPSA) is 35.8 Å². The third-order valence-corrected chi connectivity index (χ3v) is 3.48. The van der Waals surface area contributed by atoms with Gasteiger partial charge in [-0.25, -0.2) is 0 Å². The molecule has 1 unspecified atom stereocenters. The summed E-state index contributed by atoms with van der Waals surface area (Å²) in [6.45, 7) is 3.01. The van der Waals surface area contributed by atoms with Crippen LogP contribution in [0, 0.1) is 17.2 Å². The van der Waals surface area contributed by atoms with Gasteiger partial charge >= 0.3 is 0 Å². The van der Waals surface area contributed by atoms with Crippen LogP contribution in [0.1, 0.15) is 31.7 Å². The van der Waals surface area contributed by atoms with Crippen LogP contribution in [-0.4, -0.2) is 12.1 Å². The standard InChI is InChI=1S/C15H20N2/c1-15(12-16,17-11-14-7-8-14)10-9-13-5-3-2-4-6-13/h2-6,14,17H,7-11H2,1H3. The van der Waals surface area contributed by atoms with Crippen LogP contribution < -0.4 is 5.32 Å². The van der Waals surface area contributed by atoms with Crippen molar-refractivity contribution in [3.05, 3.63) is 35.9 Å². The number of hydrogen-bond acceptors (Lipinski definition) is 2. The molecule has 0 spiro atoms. The van der Waals surface area contributed by atoms with E-state index in [4.69, 9.17) is 0 Å². The highest BCUT2D eigenvalue weighted by molar-refractivity contribution is 5.16. The molecule has 90 valence electrons. The van der Waals surface area contributed by atoms with Gasteiger partial charge in [-0.05, 0) is 50.6 Å². The van der Waals surface area contributed by atoms with Crippen molar-refractivity contribution < 1.29 is 0 Å². The Balaban J connectivity index is 1.83. The molecule has 0 aliphatic heterocycles. The summed E-state index contributed by atoms with van der Waals surface area (Å²) in [6.07, 6.45) is 4.49. The Morgan fingerprint density at radius 2 is 2.06 bits per heavy atom. The minimum absolute atomic E-state index is 0.377. The minimum atomic E-state index is -0.377. The first-order valence-corrected chi connectivity index (χ1v) is 6.42. The van der Waals surface area contributed by atoms with E-state index < -0.39 is 0 Å². The molecule has 2 nitrogen and oxygen atoms in total. The zero-order valence-electron chi connectivity index (χ0n) is 10.4. The summed E-state index contributed by atoms with van der Waals surface area (Å²) in [5.74, 6) is 0.819. The number of nitriles is 1. The Labute approximate surface area is 104 Å². The predicted molar refractivity (Wildman–Crippen MR) is 69.5 cm³/mol. The Bertz CT molecular complexity index is 389. The number of hydrogen-bond donors (Lipinski definition) is 1. The molecule has 17 heavy (non-hydrogen) atoms. The highest BCUT2D eigenvalue weighted by atomic mass is 15.0. The van der Waals surface area contributed by atoms with Crippen LogP contribution >= 0.6 is 0 Å². The second-order valence-electron chi connectivity index (χ2n) is 5.25. The second kappa shape index (κ2) is 5.33. The van der Waals surface area contributed by atoms with Crippen molar-refractivity contribution in [3.63, 3.8) is 0 Å². The van der Waals surface area contributed by atoms with Crippen molar-refractivity contribution in [3.8, 4) is 6.07 Å². The third kappa shape index (κ3) is 3.87. The third-order valence-electron chi connectivity index (χ3n) is 3.48. The molecule has 1 aromatic rings. The molecule has 1 aliphatic carbocycles. The van der Waals surface area contributed by atoms with Gasteiger partial charge in [0.05, 0.1) is 6.07 Å². The fourth-order valence-electron chi connectivity index (χ4n) is 1.91. The van der Waals surface area contributed by atoms with Gasteiger partial charge in [0.2, 0.25) is 0 Å². The second-order valence-corrected chi connectivity index (χ2v) is 5.25. The van der Waals surface area contributed by atoms with Crippen LogP contribution in [0.4, 0.5) is 0 Å². The zero-order chi connectivity index (χ0) is 12.1. The van der Waals surface area contributed by atoms with E-state index in [1.54, 1.807) is 0 Å². The Morgan fingerprint density at radius 3 is 2.65 bits per heavy atom. The molecule has 0 aromatic heterocycles. The normalized spacial score (nSPS) is 18.4. The van der Waals surface area contributed by atoms with E-state index in [0.29, 0.717) is 0 Å². The molecular formula is C15H20N2. The fraction of sp³-hybridized carbons (Fsp3) is 0.533. The molecule has 0 heterocycles. The SMILES string of the molecule is CC(C#N)(CCc1ccccc1)NCC1CC1. The van der Waals surface area contributed by atoms with Gasteiger partial charge in [-0.2, -0.15) is 5.26 Å². The maximum absolute atomic E-state index is 9.28. The monoisotopic (exact) mass is 228 g/mol. The zero-order valence-corrected chi connectivity index (χ0v) is 10.4. The largest absolute Gasteiger partial charge is 0.299 e. The van der Waals surface area contributed by atoms with Crippen LogP contribution in [0.5, 0.6) is 0 Å². The van der Waals surface area contributed by atoms with E-state index in [2.05, 4.69) is 35.7 Å². The van der Waals surface area contributed by atoms with Crippen molar-refractivity contribution >= 4 is 0 Å². The molecule has 1 aliphatic rings. The van der Waals surface area contributed by atoms with Gasteiger partial charge in [0.1, 0.15) is 5.54 Å². The molecule has 0 saturated heterocycles. The van der Waals surface area contributed by atoms with Crippen molar-refractivity contribution in [1.82, 2.24) is 5.32 Å². The van der Waals surface area contributed by atoms with Crippen LogP contribution in [-0.2, 0) is 6.42 Å². The van der Waals surface area contributed by atoms with Crippen molar-refractivity contribution in [2.75, 3.05) is 6.54 Å². The van der Waals surface area contributed by atoms with E-state index >= 15 is 0 Å². The van der Waals surface area contributed by atoms with Crippen LogP contribution in [0.3, 0.4) is 0 Å². The number of rotatable bonds is 6. The van der Waals surface area contributed by atoms with E-state index in [1.165, 1.54) is 18.4 Å². The molecule has 1 atom stereocenters. The molecule has 1 fully saturated rings. The van der Waals surface area contributed by atoms with Gasteiger partial charge in [0.25, 0.3) is 0 Å². The average Bonchev–Trinajstić information content (AvgIpc) is 3.19. The Morgan fingerprint density at radius 1 is 1.35 bits per heavy atom. The molecule has 1 saturated carbocycles. The van der Waals surface area contributed by atoms with Crippen LogP contribution in [0.15, 0.2) is 30.3 Å². The van der Waals surface area contributed by atoms with Gasteiger partial charge in [-0.3, -0.25) is 5.32 Å². The first-order valence-electron chi connectivity index (χ1n) is 6.42. The summed E-state index contributed by atoms with van der Waals surface area (Å²) >= 11 is 0. The van der Waals surface area contributed by atoms with Gasteiger partial charge in [-0.1, -0.05) is 30.3 Å². The van der Waals surface area contributed by atoms with Gasteiger partial charge in [0.15, 0.2) is 0 Å². The lowest BCUT2D eigenvalue weighted by atomic mass is 9.94. The summed E-state index contributed by atoms with van der Waals surface area (Å²) in [7, 11) is 0. The summed E-state index contributed by atoms with van der Waals surface area (Å²) < 4.78 is 0. The maximum atomic E-state index is 9.28. The molecular weight excluding hydrogens is 208 g/mol. The van der Waals surface area contributed by atoms with Crippen LogP contribution in [0.25, 0.3) is 0 Å².